The molecule has 2 atom stereocenters. The molecular weight excluding hydrogens is 678 g/mol. The number of likely N-dealkylation sites (tertiary alicyclic amines) is 1. The van der Waals surface area contributed by atoms with Gasteiger partial charge in [0.15, 0.2) is 6.29 Å². The fourth-order valence-electron chi connectivity index (χ4n) is 6.06. The Balaban J connectivity index is 0.000000463. The molecule has 2 aromatic heterocycles. The molecule has 0 bridgehead atoms. The highest BCUT2D eigenvalue weighted by Crippen LogP contribution is 2.37. The molecular formula is C33H36F6N4O5S. The van der Waals surface area contributed by atoms with Gasteiger partial charge in [-0.1, -0.05) is 25.5 Å². The minimum Gasteiger partial charge on any atom is -0.507 e. The molecule has 2 saturated heterocycles. The number of pyridine rings is 1. The second-order valence-electron chi connectivity index (χ2n) is 11.4. The van der Waals surface area contributed by atoms with Crippen molar-refractivity contribution in [1.29, 1.82) is 0 Å². The standard InChI is InChI=1S/C28H33F3N4O4.C5H3F3OS/c1-2-6-23-20(7-5-12-35(23)27(38)21-19-32-11-10-22(21)28(29,30)31)26(37)34-15-13-33(14-16-34)24-8-3-4-9-25(24)39-18-17-36;6-5(7,8)4-1-3(9)2-10-4/h3-4,8-11,17,19-20,23H,2,5-7,12-16,18H2,1H3;1-2,9H. The molecule has 2 amide bonds. The van der Waals surface area contributed by atoms with Crippen LogP contribution in [0.4, 0.5) is 32.0 Å². The summed E-state index contributed by atoms with van der Waals surface area (Å²) in [5.41, 5.74) is -0.648. The van der Waals surface area contributed by atoms with Gasteiger partial charge in [0, 0.05) is 62.6 Å². The second kappa shape index (κ2) is 16.4. The maximum absolute atomic E-state index is 13.7. The molecule has 4 heterocycles. The summed E-state index contributed by atoms with van der Waals surface area (Å²) in [4.78, 5) is 46.3. The van der Waals surface area contributed by atoms with E-state index in [0.717, 1.165) is 29.5 Å². The number of para-hydroxylation sites is 2. The molecule has 0 radical (unpaired) electrons. The number of piperazine rings is 1. The SMILES string of the molecule is CCCC1C(C(=O)N2CCN(c3ccccc3OCC=O)CC2)CCCN1C(=O)c1cnccc1C(F)(F)F.Oc1csc(C(F)(F)F)c1. The average molecular weight is 715 g/mol. The van der Waals surface area contributed by atoms with Gasteiger partial charge >= 0.3 is 12.4 Å². The highest BCUT2D eigenvalue weighted by molar-refractivity contribution is 7.10. The number of anilines is 1. The van der Waals surface area contributed by atoms with Gasteiger partial charge in [-0.3, -0.25) is 19.4 Å². The molecule has 16 heteroatoms. The van der Waals surface area contributed by atoms with E-state index in [4.69, 9.17) is 9.84 Å². The van der Waals surface area contributed by atoms with E-state index in [1.54, 1.807) is 11.0 Å². The van der Waals surface area contributed by atoms with Crippen molar-refractivity contribution >= 4 is 35.1 Å². The second-order valence-corrected chi connectivity index (χ2v) is 12.4. The molecule has 9 nitrogen and oxygen atoms in total. The molecule has 5 rings (SSSR count). The Bertz CT molecular complexity index is 1580. The lowest BCUT2D eigenvalue weighted by atomic mass is 9.84. The van der Waals surface area contributed by atoms with Crippen molar-refractivity contribution in [3.05, 3.63) is 70.2 Å². The van der Waals surface area contributed by atoms with E-state index in [-0.39, 0.29) is 18.3 Å². The van der Waals surface area contributed by atoms with E-state index < -0.39 is 46.2 Å². The number of piperidine rings is 1. The van der Waals surface area contributed by atoms with E-state index >= 15 is 0 Å². The summed E-state index contributed by atoms with van der Waals surface area (Å²) in [6.07, 6.45) is -4.01. The summed E-state index contributed by atoms with van der Waals surface area (Å²) in [5, 5.41) is 9.57. The van der Waals surface area contributed by atoms with Crippen LogP contribution in [0.25, 0.3) is 0 Å². The fourth-order valence-corrected chi connectivity index (χ4v) is 6.70. The quantitative estimate of drug-likeness (QED) is 0.210. The number of carbonyl (C=O) groups is 3. The topological polar surface area (TPSA) is 103 Å². The number of rotatable bonds is 8. The summed E-state index contributed by atoms with van der Waals surface area (Å²) in [6, 6.07) is 8.45. The number of aromatic hydroxyl groups is 1. The number of carbonyl (C=O) groups excluding carboxylic acids is 3. The lowest BCUT2D eigenvalue weighted by Gasteiger charge is -2.44. The minimum absolute atomic E-state index is 0.0469. The van der Waals surface area contributed by atoms with Gasteiger partial charge in [0.2, 0.25) is 5.91 Å². The summed E-state index contributed by atoms with van der Waals surface area (Å²) >= 11 is 0.481. The maximum atomic E-state index is 13.7. The fraction of sp³-hybridized carbons (Fsp3) is 0.455. The predicted molar refractivity (Wildman–Crippen MR) is 169 cm³/mol. The van der Waals surface area contributed by atoms with Crippen molar-refractivity contribution in [3.63, 3.8) is 0 Å². The Kier molecular flexibility index (Phi) is 12.5. The number of amides is 2. The van der Waals surface area contributed by atoms with Gasteiger partial charge in [0.05, 0.1) is 22.7 Å². The number of thiophene rings is 1. The maximum Gasteiger partial charge on any atom is 0.425 e. The van der Waals surface area contributed by atoms with Gasteiger partial charge in [-0.2, -0.15) is 26.3 Å². The van der Waals surface area contributed by atoms with Gasteiger partial charge < -0.3 is 24.5 Å². The van der Waals surface area contributed by atoms with Crippen molar-refractivity contribution in [2.45, 2.75) is 51.0 Å². The molecule has 3 aromatic rings. The zero-order valence-corrected chi connectivity index (χ0v) is 27.4. The first-order valence-electron chi connectivity index (χ1n) is 15.6. The molecule has 2 aliphatic heterocycles. The lowest BCUT2D eigenvalue weighted by Crippen LogP contribution is -2.56. The molecule has 0 saturated carbocycles. The van der Waals surface area contributed by atoms with Crippen LogP contribution in [-0.2, 0) is 21.9 Å². The molecule has 49 heavy (non-hydrogen) atoms. The van der Waals surface area contributed by atoms with E-state index in [9.17, 15) is 40.7 Å². The number of aromatic nitrogens is 1. The van der Waals surface area contributed by atoms with Gasteiger partial charge in [-0.15, -0.1) is 11.3 Å². The number of hydrogen-bond acceptors (Lipinski definition) is 8. The van der Waals surface area contributed by atoms with Crippen LogP contribution in [0.2, 0.25) is 0 Å². The molecule has 0 aliphatic carbocycles. The van der Waals surface area contributed by atoms with Gasteiger partial charge in [0.1, 0.15) is 23.0 Å². The van der Waals surface area contributed by atoms with Gasteiger partial charge in [-0.25, -0.2) is 0 Å². The number of aldehydes is 1. The van der Waals surface area contributed by atoms with E-state index in [0.29, 0.717) is 87.8 Å². The number of ether oxygens (including phenoxy) is 1. The smallest absolute Gasteiger partial charge is 0.425 e. The lowest BCUT2D eigenvalue weighted by molar-refractivity contribution is -0.140. The van der Waals surface area contributed by atoms with E-state index in [1.165, 1.54) is 4.90 Å². The zero-order chi connectivity index (χ0) is 35.8. The number of hydrogen-bond donors (Lipinski definition) is 1. The Labute approximate surface area is 283 Å². The van der Waals surface area contributed by atoms with Crippen molar-refractivity contribution < 1.29 is 50.6 Å². The molecule has 2 aliphatic rings. The predicted octanol–water partition coefficient (Wildman–Crippen LogP) is 6.52. The van der Waals surface area contributed by atoms with Crippen LogP contribution in [0.1, 0.15) is 53.4 Å². The van der Waals surface area contributed by atoms with Crippen LogP contribution in [0.5, 0.6) is 11.5 Å². The molecule has 266 valence electrons. The van der Waals surface area contributed by atoms with Crippen LogP contribution < -0.4 is 9.64 Å². The van der Waals surface area contributed by atoms with Crippen LogP contribution in [0.15, 0.2) is 54.2 Å². The summed E-state index contributed by atoms with van der Waals surface area (Å²) in [6.45, 7) is 4.24. The van der Waals surface area contributed by atoms with E-state index in [1.807, 2.05) is 25.1 Å². The molecule has 1 aromatic carbocycles. The summed E-state index contributed by atoms with van der Waals surface area (Å²) in [5.74, 6) is -1.02. The van der Waals surface area contributed by atoms with Crippen molar-refractivity contribution in [3.8, 4) is 11.5 Å². The Morgan fingerprint density at radius 2 is 1.76 bits per heavy atom. The van der Waals surface area contributed by atoms with Crippen LogP contribution in [-0.4, -0.2) is 83.4 Å². The molecule has 0 spiro atoms. The van der Waals surface area contributed by atoms with Crippen LogP contribution >= 0.6 is 11.3 Å². The number of alkyl halides is 6. The monoisotopic (exact) mass is 714 g/mol. The highest BCUT2D eigenvalue weighted by atomic mass is 32.1. The Morgan fingerprint density at radius 3 is 2.35 bits per heavy atom. The highest BCUT2D eigenvalue weighted by Gasteiger charge is 2.43. The summed E-state index contributed by atoms with van der Waals surface area (Å²) in [7, 11) is 0. The van der Waals surface area contributed by atoms with Crippen molar-refractivity contribution in [2.24, 2.45) is 5.92 Å². The Hall–Kier alpha value is -4.34. The minimum atomic E-state index is -4.68. The number of halogens is 6. The van der Waals surface area contributed by atoms with Crippen molar-refractivity contribution in [2.75, 3.05) is 44.2 Å². The van der Waals surface area contributed by atoms with Gasteiger partial charge in [0.25, 0.3) is 5.91 Å². The molecule has 2 fully saturated rings. The normalized spacial score (nSPS) is 18.4. The van der Waals surface area contributed by atoms with Gasteiger partial charge in [-0.05, 0) is 37.5 Å². The first-order chi connectivity index (χ1) is 23.3. The summed E-state index contributed by atoms with van der Waals surface area (Å²) < 4.78 is 81.5. The average Bonchev–Trinajstić information content (AvgIpc) is 3.54. The third kappa shape index (κ3) is 9.43. The van der Waals surface area contributed by atoms with Crippen LogP contribution in [0.3, 0.4) is 0 Å². The third-order valence-corrected chi connectivity index (χ3v) is 9.23. The first kappa shape index (κ1) is 37.5. The third-order valence-electron chi connectivity index (χ3n) is 8.27. The van der Waals surface area contributed by atoms with Crippen LogP contribution in [0, 0.1) is 5.92 Å². The zero-order valence-electron chi connectivity index (χ0n) is 26.5. The number of benzene rings is 1. The molecule has 2 unspecified atom stereocenters. The first-order valence-corrected chi connectivity index (χ1v) is 16.5. The van der Waals surface area contributed by atoms with E-state index in [2.05, 4.69) is 9.88 Å². The van der Waals surface area contributed by atoms with Crippen molar-refractivity contribution in [1.82, 2.24) is 14.8 Å². The Morgan fingerprint density at radius 1 is 1.04 bits per heavy atom. The largest absolute Gasteiger partial charge is 0.507 e. The number of nitrogens with zero attached hydrogens (tertiary/aromatic N) is 4. The molecule has 1 N–H and O–H groups in total.